The van der Waals surface area contributed by atoms with E-state index in [9.17, 15) is 9.59 Å². The van der Waals surface area contributed by atoms with Crippen LogP contribution in [0.3, 0.4) is 0 Å². The Hall–Kier alpha value is -3.33. The van der Waals surface area contributed by atoms with Crippen molar-refractivity contribution in [2.24, 2.45) is 7.05 Å². The molecule has 0 radical (unpaired) electrons. The summed E-state index contributed by atoms with van der Waals surface area (Å²) in [4.78, 5) is 34.3. The van der Waals surface area contributed by atoms with Crippen molar-refractivity contribution >= 4 is 33.4 Å². The van der Waals surface area contributed by atoms with Crippen LogP contribution in [-0.2, 0) is 13.6 Å². The summed E-state index contributed by atoms with van der Waals surface area (Å²) in [6.07, 6.45) is 3.02. The van der Waals surface area contributed by atoms with Gasteiger partial charge in [0.2, 0.25) is 5.95 Å². The van der Waals surface area contributed by atoms with Gasteiger partial charge in [0.25, 0.3) is 11.5 Å². The lowest BCUT2D eigenvalue weighted by Crippen LogP contribution is -2.17. The van der Waals surface area contributed by atoms with Crippen LogP contribution in [0.1, 0.15) is 20.8 Å². The molecule has 0 aliphatic rings. The van der Waals surface area contributed by atoms with Crippen LogP contribution in [0.2, 0.25) is 0 Å². The molecule has 0 saturated carbocycles. The number of aromatic nitrogens is 5. The molecule has 4 aromatic rings. The predicted molar refractivity (Wildman–Crippen MR) is 103 cm³/mol. The van der Waals surface area contributed by atoms with Gasteiger partial charge in [0.1, 0.15) is 11.2 Å². The van der Waals surface area contributed by atoms with Crippen LogP contribution < -0.4 is 10.9 Å². The zero-order valence-corrected chi connectivity index (χ0v) is 15.5. The quantitative estimate of drug-likeness (QED) is 0.586. The van der Waals surface area contributed by atoms with E-state index in [1.54, 1.807) is 25.0 Å². The number of carbonyl (C=O) groups excluding carboxylic acids is 1. The Kier molecular flexibility index (Phi) is 4.28. The molecule has 0 fully saturated rings. The number of nitrogens with zero attached hydrogens (tertiary/aromatic N) is 5. The number of hydrogen-bond acceptors (Lipinski definition) is 6. The van der Waals surface area contributed by atoms with Crippen LogP contribution in [0.5, 0.6) is 0 Å². The second-order valence-corrected chi connectivity index (χ2v) is 7.10. The largest absolute Gasteiger partial charge is 0.302 e. The molecule has 8 nitrogen and oxygen atoms in total. The number of fused-ring (bicyclic) bond motifs is 1. The number of thiophene rings is 1. The lowest BCUT2D eigenvalue weighted by molar-refractivity contribution is 0.102. The second-order valence-electron chi connectivity index (χ2n) is 6.10. The van der Waals surface area contributed by atoms with Crippen LogP contribution in [0.4, 0.5) is 5.95 Å². The molecule has 1 N–H and O–H groups in total. The van der Waals surface area contributed by atoms with Gasteiger partial charge < -0.3 is 4.57 Å². The summed E-state index contributed by atoms with van der Waals surface area (Å²) >= 11 is 1.18. The Morgan fingerprint density at radius 3 is 2.74 bits per heavy atom. The molecule has 9 heteroatoms. The third-order valence-corrected chi connectivity index (χ3v) is 5.36. The molecule has 0 atom stereocenters. The van der Waals surface area contributed by atoms with Crippen molar-refractivity contribution in [3.63, 3.8) is 0 Å². The van der Waals surface area contributed by atoms with Gasteiger partial charge in [-0.25, -0.2) is 14.6 Å². The topological polar surface area (TPSA) is 94.7 Å². The van der Waals surface area contributed by atoms with Gasteiger partial charge in [-0.2, -0.15) is 0 Å². The van der Waals surface area contributed by atoms with E-state index in [1.165, 1.54) is 22.2 Å². The molecule has 0 aliphatic heterocycles. The van der Waals surface area contributed by atoms with Crippen LogP contribution in [0, 0.1) is 6.92 Å². The minimum atomic E-state index is -0.352. The second kappa shape index (κ2) is 6.76. The number of hydrogen-bond donors (Lipinski definition) is 1. The number of amides is 1. The molecule has 3 heterocycles. The smallest absolute Gasteiger partial charge is 0.268 e. The SMILES string of the molecule is Cc1c(C(=O)Nc2ncn(Cc3ccccc3)n2)sc2ncn(C)c(=O)c12. The average Bonchev–Trinajstić information content (AvgIpc) is 3.23. The van der Waals surface area contributed by atoms with Gasteiger partial charge in [-0.3, -0.25) is 14.9 Å². The van der Waals surface area contributed by atoms with Gasteiger partial charge in [0, 0.05) is 7.05 Å². The normalized spacial score (nSPS) is 11.0. The number of anilines is 1. The first-order valence-corrected chi connectivity index (χ1v) is 9.04. The highest BCUT2D eigenvalue weighted by atomic mass is 32.1. The zero-order chi connectivity index (χ0) is 19.0. The first kappa shape index (κ1) is 17.1. The minimum Gasteiger partial charge on any atom is -0.302 e. The summed E-state index contributed by atoms with van der Waals surface area (Å²) in [5, 5.41) is 7.45. The number of benzene rings is 1. The summed E-state index contributed by atoms with van der Waals surface area (Å²) in [5.41, 5.74) is 1.53. The Balaban J connectivity index is 1.56. The van der Waals surface area contributed by atoms with E-state index in [-0.39, 0.29) is 17.4 Å². The monoisotopic (exact) mass is 380 g/mol. The van der Waals surface area contributed by atoms with E-state index < -0.39 is 0 Å². The molecule has 0 unspecified atom stereocenters. The maximum Gasteiger partial charge on any atom is 0.268 e. The van der Waals surface area contributed by atoms with Crippen molar-refractivity contribution in [1.82, 2.24) is 24.3 Å². The summed E-state index contributed by atoms with van der Waals surface area (Å²) in [6.45, 7) is 2.31. The molecule has 4 rings (SSSR count). The summed E-state index contributed by atoms with van der Waals surface area (Å²) in [5.74, 6) is -0.135. The van der Waals surface area contributed by atoms with Crippen molar-refractivity contribution in [3.05, 3.63) is 69.3 Å². The maximum atomic E-state index is 12.6. The van der Waals surface area contributed by atoms with E-state index in [0.29, 0.717) is 27.2 Å². The fourth-order valence-corrected chi connectivity index (χ4v) is 3.82. The fraction of sp³-hybridized carbons (Fsp3) is 0.167. The Labute approximate surface area is 158 Å². The van der Waals surface area contributed by atoms with Crippen LogP contribution >= 0.6 is 11.3 Å². The molecule has 136 valence electrons. The van der Waals surface area contributed by atoms with E-state index in [4.69, 9.17) is 0 Å². The highest BCUT2D eigenvalue weighted by Crippen LogP contribution is 2.27. The number of rotatable bonds is 4. The first-order valence-electron chi connectivity index (χ1n) is 8.22. The number of nitrogens with one attached hydrogen (secondary N) is 1. The van der Waals surface area contributed by atoms with Crippen molar-refractivity contribution in [2.75, 3.05) is 5.32 Å². The Bertz CT molecular complexity index is 1190. The summed E-state index contributed by atoms with van der Waals surface area (Å²) < 4.78 is 3.05. The third kappa shape index (κ3) is 3.24. The first-order chi connectivity index (χ1) is 13.0. The minimum absolute atomic E-state index is 0.168. The molecule has 1 amide bonds. The van der Waals surface area contributed by atoms with E-state index in [2.05, 4.69) is 20.4 Å². The number of aryl methyl sites for hydroxylation is 2. The van der Waals surface area contributed by atoms with Crippen molar-refractivity contribution in [2.45, 2.75) is 13.5 Å². The lowest BCUT2D eigenvalue weighted by Gasteiger charge is -2.01. The zero-order valence-electron chi connectivity index (χ0n) is 14.7. The van der Waals surface area contributed by atoms with Crippen molar-refractivity contribution < 1.29 is 4.79 Å². The standard InChI is InChI=1S/C18H16N6O2S/c1-11-13-16(19-9-23(2)17(13)26)27-14(11)15(25)21-18-20-10-24(22-18)8-12-6-4-3-5-7-12/h3-7,9-10H,8H2,1-2H3,(H,21,22,25). The molecule has 0 bridgehead atoms. The molecule has 0 saturated heterocycles. The van der Waals surface area contributed by atoms with Crippen LogP contribution in [0.15, 0.2) is 47.8 Å². The van der Waals surface area contributed by atoms with Gasteiger partial charge in [0.15, 0.2) is 0 Å². The van der Waals surface area contributed by atoms with E-state index >= 15 is 0 Å². The van der Waals surface area contributed by atoms with Crippen LogP contribution in [-0.4, -0.2) is 30.2 Å². The molecule has 0 spiro atoms. The van der Waals surface area contributed by atoms with Gasteiger partial charge in [-0.05, 0) is 18.1 Å². The van der Waals surface area contributed by atoms with E-state index in [0.717, 1.165) is 5.56 Å². The van der Waals surface area contributed by atoms with Gasteiger partial charge in [0.05, 0.1) is 23.1 Å². The van der Waals surface area contributed by atoms with Crippen molar-refractivity contribution in [3.8, 4) is 0 Å². The molecule has 27 heavy (non-hydrogen) atoms. The van der Waals surface area contributed by atoms with E-state index in [1.807, 2.05) is 30.3 Å². The molecular weight excluding hydrogens is 364 g/mol. The molecule has 3 aromatic heterocycles. The van der Waals surface area contributed by atoms with Gasteiger partial charge >= 0.3 is 0 Å². The fourth-order valence-electron chi connectivity index (χ4n) is 2.78. The van der Waals surface area contributed by atoms with Crippen molar-refractivity contribution in [1.29, 1.82) is 0 Å². The summed E-state index contributed by atoms with van der Waals surface area (Å²) in [6, 6.07) is 9.85. The van der Waals surface area contributed by atoms with Crippen LogP contribution in [0.25, 0.3) is 10.2 Å². The maximum absolute atomic E-state index is 12.6. The molecular formula is C18H16N6O2S. The predicted octanol–water partition coefficient (Wildman–Crippen LogP) is 2.20. The average molecular weight is 380 g/mol. The Morgan fingerprint density at radius 2 is 1.96 bits per heavy atom. The number of carbonyl (C=O) groups is 1. The van der Waals surface area contributed by atoms with Gasteiger partial charge in [-0.15, -0.1) is 16.4 Å². The molecule has 0 aliphatic carbocycles. The van der Waals surface area contributed by atoms with Gasteiger partial charge in [-0.1, -0.05) is 30.3 Å². The molecule has 1 aromatic carbocycles. The Morgan fingerprint density at radius 1 is 1.19 bits per heavy atom. The third-order valence-electron chi connectivity index (χ3n) is 4.17. The summed E-state index contributed by atoms with van der Waals surface area (Å²) in [7, 11) is 1.63. The highest BCUT2D eigenvalue weighted by Gasteiger charge is 2.20. The highest BCUT2D eigenvalue weighted by molar-refractivity contribution is 7.20. The lowest BCUT2D eigenvalue weighted by atomic mass is 10.2.